The summed E-state index contributed by atoms with van der Waals surface area (Å²) in [6.07, 6.45) is -3.15. The van der Waals surface area contributed by atoms with E-state index in [2.05, 4.69) is 4.98 Å². The van der Waals surface area contributed by atoms with Crippen LogP contribution in [-0.2, 0) is 16.0 Å². The van der Waals surface area contributed by atoms with Crippen molar-refractivity contribution in [2.24, 2.45) is 0 Å². The molecule has 34 heavy (non-hydrogen) atoms. The highest BCUT2D eigenvalue weighted by Crippen LogP contribution is 2.35. The highest BCUT2D eigenvalue weighted by Gasteiger charge is 2.37. The van der Waals surface area contributed by atoms with Crippen LogP contribution in [-0.4, -0.2) is 72.7 Å². The minimum Gasteiger partial charge on any atom is -0.339 e. The summed E-state index contributed by atoms with van der Waals surface area (Å²) in [5.41, 5.74) is -1.04. The summed E-state index contributed by atoms with van der Waals surface area (Å²) >= 11 is 1.33. The van der Waals surface area contributed by atoms with Crippen LogP contribution in [0.25, 0.3) is 0 Å². The number of nitrogens with zero attached hydrogens (tertiary/aromatic N) is 3. The standard InChI is InChI=1S/C22H24F3N3O4S2/c1-27(15-8-11-34(31,32)13-15)21(30)18-12-33-19(26-18)14-6-9-28(10-7-14)20(29)16-4-2-3-5-17(16)22(23,24)25/h2-5,12,14-15H,6-11,13H2,1H3. The van der Waals surface area contributed by atoms with Crippen molar-refractivity contribution in [1.82, 2.24) is 14.8 Å². The second-order valence-corrected chi connectivity index (χ2v) is 11.8. The number of carbonyl (C=O) groups is 2. The van der Waals surface area contributed by atoms with Gasteiger partial charge in [-0.05, 0) is 31.4 Å². The molecule has 2 saturated heterocycles. The molecule has 0 spiro atoms. The molecule has 2 aliphatic rings. The maximum atomic E-state index is 13.3. The van der Waals surface area contributed by atoms with Crippen LogP contribution in [0.5, 0.6) is 0 Å². The zero-order valence-electron chi connectivity index (χ0n) is 18.4. The Morgan fingerprint density at radius 2 is 1.82 bits per heavy atom. The molecule has 1 unspecified atom stereocenters. The van der Waals surface area contributed by atoms with Gasteiger partial charge in [-0.25, -0.2) is 13.4 Å². The number of hydrogen-bond donors (Lipinski definition) is 0. The lowest BCUT2D eigenvalue weighted by molar-refractivity contribution is -0.138. The fourth-order valence-electron chi connectivity index (χ4n) is 4.42. The fraction of sp³-hybridized carbons (Fsp3) is 0.500. The number of aromatic nitrogens is 1. The topological polar surface area (TPSA) is 87.7 Å². The van der Waals surface area contributed by atoms with Crippen molar-refractivity contribution in [1.29, 1.82) is 0 Å². The molecule has 7 nitrogen and oxygen atoms in total. The predicted molar refractivity (Wildman–Crippen MR) is 121 cm³/mol. The predicted octanol–water partition coefficient (Wildman–Crippen LogP) is 3.44. The number of alkyl halides is 3. The molecule has 1 atom stereocenters. The number of hydrogen-bond acceptors (Lipinski definition) is 6. The maximum Gasteiger partial charge on any atom is 0.417 e. The smallest absolute Gasteiger partial charge is 0.339 e. The minimum absolute atomic E-state index is 0.00868. The fourth-order valence-corrected chi connectivity index (χ4v) is 7.16. The maximum absolute atomic E-state index is 13.3. The van der Waals surface area contributed by atoms with Crippen LogP contribution in [0.15, 0.2) is 29.6 Å². The van der Waals surface area contributed by atoms with Gasteiger partial charge in [0.1, 0.15) is 5.69 Å². The van der Waals surface area contributed by atoms with E-state index in [1.165, 1.54) is 39.3 Å². The molecular weight excluding hydrogens is 491 g/mol. The van der Waals surface area contributed by atoms with Crippen molar-refractivity contribution in [3.8, 4) is 0 Å². The molecule has 2 fully saturated rings. The molecule has 1 aromatic heterocycles. The first-order valence-corrected chi connectivity index (χ1v) is 13.5. The van der Waals surface area contributed by atoms with Crippen LogP contribution in [0, 0.1) is 0 Å². The zero-order valence-corrected chi connectivity index (χ0v) is 20.0. The molecule has 2 amide bonds. The summed E-state index contributed by atoms with van der Waals surface area (Å²) in [6, 6.07) is 4.42. The third-order valence-corrected chi connectivity index (χ3v) is 9.17. The van der Waals surface area contributed by atoms with E-state index in [0.717, 1.165) is 11.1 Å². The van der Waals surface area contributed by atoms with Gasteiger partial charge in [0.25, 0.3) is 11.8 Å². The van der Waals surface area contributed by atoms with Crippen molar-refractivity contribution < 1.29 is 31.2 Å². The van der Waals surface area contributed by atoms with Gasteiger partial charge in [0.15, 0.2) is 9.84 Å². The highest BCUT2D eigenvalue weighted by atomic mass is 32.2. The molecule has 2 aromatic rings. The lowest BCUT2D eigenvalue weighted by Gasteiger charge is -2.31. The molecule has 4 rings (SSSR count). The molecule has 0 radical (unpaired) electrons. The summed E-state index contributed by atoms with van der Waals surface area (Å²) in [5, 5.41) is 2.38. The Bertz CT molecular complexity index is 1190. The van der Waals surface area contributed by atoms with Crippen LogP contribution in [0.4, 0.5) is 13.2 Å². The quantitative estimate of drug-likeness (QED) is 0.623. The van der Waals surface area contributed by atoms with E-state index < -0.39 is 27.5 Å². The van der Waals surface area contributed by atoms with Gasteiger partial charge in [-0.2, -0.15) is 13.2 Å². The summed E-state index contributed by atoms with van der Waals surface area (Å²) in [6.45, 7) is 0.580. The Morgan fingerprint density at radius 1 is 1.15 bits per heavy atom. The van der Waals surface area contributed by atoms with E-state index in [1.807, 2.05) is 0 Å². The van der Waals surface area contributed by atoms with Gasteiger partial charge in [0, 0.05) is 37.5 Å². The van der Waals surface area contributed by atoms with E-state index in [4.69, 9.17) is 0 Å². The van der Waals surface area contributed by atoms with Gasteiger partial charge in [0.05, 0.1) is 27.6 Å². The second kappa shape index (κ2) is 9.29. The van der Waals surface area contributed by atoms with E-state index in [-0.39, 0.29) is 40.6 Å². The molecule has 3 heterocycles. The van der Waals surface area contributed by atoms with Gasteiger partial charge in [-0.15, -0.1) is 11.3 Å². The second-order valence-electron chi connectivity index (χ2n) is 8.65. The van der Waals surface area contributed by atoms with Crippen LogP contribution in [0.1, 0.15) is 56.6 Å². The number of benzene rings is 1. The average Bonchev–Trinajstić information content (AvgIpc) is 3.44. The third-order valence-electron chi connectivity index (χ3n) is 6.41. The van der Waals surface area contributed by atoms with Crippen molar-refractivity contribution in [3.63, 3.8) is 0 Å². The first kappa shape index (κ1) is 24.6. The van der Waals surface area contributed by atoms with Gasteiger partial charge >= 0.3 is 6.18 Å². The van der Waals surface area contributed by atoms with Crippen molar-refractivity contribution in [2.75, 3.05) is 31.6 Å². The van der Waals surface area contributed by atoms with Gasteiger partial charge < -0.3 is 9.80 Å². The minimum atomic E-state index is -4.61. The molecule has 0 N–H and O–H groups in total. The summed E-state index contributed by atoms with van der Waals surface area (Å²) in [5.74, 6) is -0.959. The van der Waals surface area contributed by atoms with Crippen molar-refractivity contribution in [2.45, 2.75) is 37.4 Å². The molecule has 184 valence electrons. The number of halogens is 3. The monoisotopic (exact) mass is 515 g/mol. The molecule has 1 aromatic carbocycles. The number of sulfone groups is 1. The lowest BCUT2D eigenvalue weighted by Crippen LogP contribution is -2.39. The molecular formula is C22H24F3N3O4S2. The van der Waals surface area contributed by atoms with E-state index in [0.29, 0.717) is 32.4 Å². The average molecular weight is 516 g/mol. The summed E-state index contributed by atoms with van der Waals surface area (Å²) in [7, 11) is -1.54. The Kier molecular flexibility index (Phi) is 6.74. The Morgan fingerprint density at radius 3 is 2.44 bits per heavy atom. The van der Waals surface area contributed by atoms with Crippen molar-refractivity contribution in [3.05, 3.63) is 51.5 Å². The zero-order chi connectivity index (χ0) is 24.7. The van der Waals surface area contributed by atoms with Gasteiger partial charge in [-0.1, -0.05) is 12.1 Å². The van der Waals surface area contributed by atoms with Crippen LogP contribution < -0.4 is 0 Å². The van der Waals surface area contributed by atoms with Crippen molar-refractivity contribution >= 4 is 33.0 Å². The van der Waals surface area contributed by atoms with Crippen LogP contribution >= 0.6 is 11.3 Å². The normalized spacial score (nSPS) is 20.9. The SMILES string of the molecule is CN(C(=O)c1csc(C2CCN(C(=O)c3ccccc3C(F)(F)F)CC2)n1)C1CCS(=O)(=O)C1. The van der Waals surface area contributed by atoms with E-state index in [1.54, 1.807) is 12.4 Å². The molecule has 0 aliphatic carbocycles. The summed E-state index contributed by atoms with van der Waals surface area (Å²) in [4.78, 5) is 32.9. The summed E-state index contributed by atoms with van der Waals surface area (Å²) < 4.78 is 63.3. The highest BCUT2D eigenvalue weighted by molar-refractivity contribution is 7.91. The number of rotatable bonds is 4. The number of carbonyl (C=O) groups excluding carboxylic acids is 2. The first-order chi connectivity index (χ1) is 16.0. The number of thiazole rings is 1. The largest absolute Gasteiger partial charge is 0.417 e. The molecule has 12 heteroatoms. The molecule has 2 aliphatic heterocycles. The molecule has 0 bridgehead atoms. The third kappa shape index (κ3) is 5.12. The Labute approximate surface area is 199 Å². The Hall–Kier alpha value is -2.47. The van der Waals surface area contributed by atoms with E-state index in [9.17, 15) is 31.2 Å². The lowest BCUT2D eigenvalue weighted by atomic mass is 9.96. The van der Waals surface area contributed by atoms with Gasteiger partial charge in [-0.3, -0.25) is 9.59 Å². The van der Waals surface area contributed by atoms with Crippen LogP contribution in [0.2, 0.25) is 0 Å². The first-order valence-electron chi connectivity index (χ1n) is 10.8. The Balaban J connectivity index is 1.38. The number of piperidine rings is 1. The van der Waals surface area contributed by atoms with Gasteiger partial charge in [0.2, 0.25) is 0 Å². The van der Waals surface area contributed by atoms with Crippen LogP contribution in [0.3, 0.4) is 0 Å². The van der Waals surface area contributed by atoms with E-state index >= 15 is 0 Å². The molecule has 0 saturated carbocycles. The number of amides is 2. The number of likely N-dealkylation sites (tertiary alicyclic amines) is 1.